The maximum absolute atomic E-state index is 11.6. The summed E-state index contributed by atoms with van der Waals surface area (Å²) in [6.07, 6.45) is -0.0911. The van der Waals surface area contributed by atoms with Gasteiger partial charge in [0.1, 0.15) is 6.04 Å². The van der Waals surface area contributed by atoms with E-state index in [0.29, 0.717) is 6.54 Å². The van der Waals surface area contributed by atoms with E-state index in [4.69, 9.17) is 5.11 Å². The Morgan fingerprint density at radius 1 is 1.45 bits per heavy atom. The first-order valence-corrected chi connectivity index (χ1v) is 6.82. The van der Waals surface area contributed by atoms with E-state index in [9.17, 15) is 14.4 Å². The zero-order valence-corrected chi connectivity index (χ0v) is 11.7. The van der Waals surface area contributed by atoms with Gasteiger partial charge in [-0.1, -0.05) is 0 Å². The lowest BCUT2D eigenvalue weighted by Gasteiger charge is -2.14. The molecule has 1 rings (SSSR count). The summed E-state index contributed by atoms with van der Waals surface area (Å²) in [6, 6.07) is 0.140. The average molecular weight is 300 g/mol. The Bertz CT molecular complexity index is 460. The molecule has 0 saturated heterocycles. The minimum absolute atomic E-state index is 0.0200. The zero-order chi connectivity index (χ0) is 15.0. The van der Waals surface area contributed by atoms with Crippen LogP contribution in [0, 0.1) is 0 Å². The van der Waals surface area contributed by atoms with Crippen LogP contribution in [0.5, 0.6) is 0 Å². The van der Waals surface area contributed by atoms with Crippen molar-refractivity contribution in [3.8, 4) is 0 Å². The van der Waals surface area contributed by atoms with Crippen molar-refractivity contribution >= 4 is 29.3 Å². The van der Waals surface area contributed by atoms with E-state index in [1.54, 1.807) is 0 Å². The molecule has 0 unspecified atom stereocenters. The number of amides is 2. The van der Waals surface area contributed by atoms with Crippen molar-refractivity contribution < 1.29 is 24.2 Å². The molecule has 0 bridgehead atoms. The number of esters is 1. The molecular weight excluding hydrogens is 284 g/mol. The van der Waals surface area contributed by atoms with Crippen molar-refractivity contribution in [2.24, 2.45) is 0 Å². The third-order valence-corrected chi connectivity index (χ3v) is 3.23. The number of hydrogen-bond donors (Lipinski definition) is 3. The highest BCUT2D eigenvalue weighted by Gasteiger charge is 2.21. The summed E-state index contributed by atoms with van der Waals surface area (Å²) in [5, 5.41) is 17.6. The molecule has 0 aliphatic rings. The fourth-order valence-electron chi connectivity index (χ4n) is 1.41. The molecule has 110 valence electrons. The first kappa shape index (κ1) is 16.0. The first-order valence-electron chi connectivity index (χ1n) is 5.88. The molecule has 1 heterocycles. The van der Waals surface area contributed by atoms with E-state index in [1.807, 2.05) is 16.8 Å². The molecule has 0 aliphatic carbocycles. The second-order valence-corrected chi connectivity index (χ2v) is 4.74. The predicted molar refractivity (Wildman–Crippen MR) is 72.4 cm³/mol. The minimum Gasteiger partial charge on any atom is -0.480 e. The molecule has 1 aromatic rings. The number of hydrogen-bond acceptors (Lipinski definition) is 5. The summed E-state index contributed by atoms with van der Waals surface area (Å²) < 4.78 is 4.42. The van der Waals surface area contributed by atoms with E-state index in [-0.39, 0.29) is 12.8 Å². The van der Waals surface area contributed by atoms with Gasteiger partial charge in [-0.25, -0.2) is 9.59 Å². The molecule has 0 radical (unpaired) electrons. The Morgan fingerprint density at radius 2 is 2.20 bits per heavy atom. The van der Waals surface area contributed by atoms with Gasteiger partial charge >= 0.3 is 18.0 Å². The standard InChI is InChI=1S/C12H16N2O5S/c1-19-10(15)3-2-9(11(16)17)14-12(18)13-6-8-4-5-20-7-8/h4-5,7,9H,2-3,6H2,1H3,(H,16,17)(H2,13,14,18)/t9-/m1/s1. The highest BCUT2D eigenvalue weighted by molar-refractivity contribution is 7.07. The van der Waals surface area contributed by atoms with Crippen molar-refractivity contribution in [3.05, 3.63) is 22.4 Å². The highest BCUT2D eigenvalue weighted by Crippen LogP contribution is 2.05. The molecule has 0 aromatic carbocycles. The Balaban J connectivity index is 2.38. The summed E-state index contributed by atoms with van der Waals surface area (Å²) in [7, 11) is 1.22. The fourth-order valence-corrected chi connectivity index (χ4v) is 2.08. The van der Waals surface area contributed by atoms with Crippen LogP contribution < -0.4 is 10.6 Å². The van der Waals surface area contributed by atoms with Crippen molar-refractivity contribution in [3.63, 3.8) is 0 Å². The number of carboxylic acids is 1. The number of carboxylic acid groups (broad SMARTS) is 1. The smallest absolute Gasteiger partial charge is 0.326 e. The van der Waals surface area contributed by atoms with Crippen LogP contribution in [-0.4, -0.2) is 36.2 Å². The third kappa shape index (κ3) is 5.70. The lowest BCUT2D eigenvalue weighted by atomic mass is 10.1. The van der Waals surface area contributed by atoms with Gasteiger partial charge in [0.25, 0.3) is 0 Å². The van der Waals surface area contributed by atoms with E-state index in [1.165, 1.54) is 18.4 Å². The average Bonchev–Trinajstić information content (AvgIpc) is 2.93. The van der Waals surface area contributed by atoms with Crippen molar-refractivity contribution in [1.82, 2.24) is 10.6 Å². The molecule has 0 aliphatic heterocycles. The molecular formula is C12H16N2O5S. The Morgan fingerprint density at radius 3 is 2.75 bits per heavy atom. The minimum atomic E-state index is -1.19. The summed E-state index contributed by atoms with van der Waals surface area (Å²) in [4.78, 5) is 33.5. The van der Waals surface area contributed by atoms with Gasteiger partial charge in [0, 0.05) is 13.0 Å². The second kappa shape index (κ2) is 8.16. The molecule has 2 amide bonds. The lowest BCUT2D eigenvalue weighted by Crippen LogP contribution is -2.46. The zero-order valence-electron chi connectivity index (χ0n) is 10.9. The molecule has 0 spiro atoms. The first-order chi connectivity index (χ1) is 9.52. The van der Waals surface area contributed by atoms with Crippen LogP contribution in [0.25, 0.3) is 0 Å². The lowest BCUT2D eigenvalue weighted by molar-refractivity contribution is -0.142. The van der Waals surface area contributed by atoms with Gasteiger partial charge in [0.15, 0.2) is 0 Å². The van der Waals surface area contributed by atoms with Crippen molar-refractivity contribution in [2.45, 2.75) is 25.4 Å². The molecule has 7 nitrogen and oxygen atoms in total. The Kier molecular flexibility index (Phi) is 6.51. The van der Waals surface area contributed by atoms with Gasteiger partial charge in [0.2, 0.25) is 0 Å². The van der Waals surface area contributed by atoms with Crippen LogP contribution >= 0.6 is 11.3 Å². The van der Waals surface area contributed by atoms with Crippen LogP contribution in [0.15, 0.2) is 16.8 Å². The fraction of sp³-hybridized carbons (Fsp3) is 0.417. The number of urea groups is 1. The molecule has 1 aromatic heterocycles. The monoisotopic (exact) mass is 300 g/mol. The second-order valence-electron chi connectivity index (χ2n) is 3.96. The van der Waals surface area contributed by atoms with Crippen molar-refractivity contribution in [2.75, 3.05) is 7.11 Å². The number of nitrogens with one attached hydrogen (secondary N) is 2. The molecule has 0 saturated carbocycles. The highest BCUT2D eigenvalue weighted by atomic mass is 32.1. The quantitative estimate of drug-likeness (QED) is 0.650. The normalized spacial score (nSPS) is 11.4. The van der Waals surface area contributed by atoms with Crippen molar-refractivity contribution in [1.29, 1.82) is 0 Å². The van der Waals surface area contributed by atoms with Gasteiger partial charge in [-0.15, -0.1) is 0 Å². The third-order valence-electron chi connectivity index (χ3n) is 2.50. The number of rotatable bonds is 7. The van der Waals surface area contributed by atoms with E-state index >= 15 is 0 Å². The number of carbonyl (C=O) groups is 3. The number of ether oxygens (including phenoxy) is 1. The van der Waals surface area contributed by atoms with Crippen LogP contribution in [-0.2, 0) is 20.9 Å². The maximum atomic E-state index is 11.6. The summed E-state index contributed by atoms with van der Waals surface area (Å²) in [6.45, 7) is 0.318. The Hall–Kier alpha value is -2.09. The van der Waals surface area contributed by atoms with Gasteiger partial charge in [-0.05, 0) is 28.8 Å². The summed E-state index contributed by atoms with van der Waals surface area (Å²) >= 11 is 1.51. The molecule has 8 heteroatoms. The molecule has 3 N–H and O–H groups in total. The molecule has 0 fully saturated rings. The molecule has 1 atom stereocenters. The van der Waals surface area contributed by atoms with E-state index in [2.05, 4.69) is 15.4 Å². The van der Waals surface area contributed by atoms with Gasteiger partial charge in [0.05, 0.1) is 7.11 Å². The maximum Gasteiger partial charge on any atom is 0.326 e. The number of aliphatic carboxylic acids is 1. The topological polar surface area (TPSA) is 105 Å². The molecule has 20 heavy (non-hydrogen) atoms. The van der Waals surface area contributed by atoms with Crippen LogP contribution in [0.1, 0.15) is 18.4 Å². The van der Waals surface area contributed by atoms with Gasteiger partial charge < -0.3 is 20.5 Å². The van der Waals surface area contributed by atoms with Gasteiger partial charge in [-0.2, -0.15) is 11.3 Å². The Labute approximate surface area is 119 Å². The summed E-state index contributed by atoms with van der Waals surface area (Å²) in [5.74, 6) is -1.71. The number of carbonyl (C=O) groups excluding carboxylic acids is 2. The van der Waals surface area contributed by atoms with E-state index < -0.39 is 24.0 Å². The largest absolute Gasteiger partial charge is 0.480 e. The predicted octanol–water partition coefficient (Wildman–Crippen LogP) is 0.954. The van der Waals surface area contributed by atoms with Gasteiger partial charge in [-0.3, -0.25) is 4.79 Å². The number of thiophene rings is 1. The van der Waals surface area contributed by atoms with Crippen LogP contribution in [0.2, 0.25) is 0 Å². The number of methoxy groups -OCH3 is 1. The summed E-state index contributed by atoms with van der Waals surface area (Å²) in [5.41, 5.74) is 0.937. The SMILES string of the molecule is COC(=O)CC[C@@H](NC(=O)NCc1ccsc1)C(=O)O. The van der Waals surface area contributed by atoms with Crippen LogP contribution in [0.3, 0.4) is 0 Å². The van der Waals surface area contributed by atoms with E-state index in [0.717, 1.165) is 5.56 Å². The van der Waals surface area contributed by atoms with Crippen LogP contribution in [0.4, 0.5) is 4.79 Å².